The number of anilines is 1. The van der Waals surface area contributed by atoms with Crippen LogP contribution >= 0.6 is 22.9 Å². The number of rotatable bonds is 5. The molecule has 3 nitrogen and oxygen atoms in total. The number of furan rings is 1. The van der Waals surface area contributed by atoms with Crippen LogP contribution in [0, 0.1) is 6.92 Å². The zero-order chi connectivity index (χ0) is 21.4. The van der Waals surface area contributed by atoms with Crippen LogP contribution in [-0.2, 0) is 0 Å². The summed E-state index contributed by atoms with van der Waals surface area (Å²) in [5.41, 5.74) is 6.68. The summed E-state index contributed by atoms with van der Waals surface area (Å²) < 4.78 is 8.38. The highest BCUT2D eigenvalue weighted by Gasteiger charge is 2.11. The van der Waals surface area contributed by atoms with E-state index in [1.165, 1.54) is 33.1 Å². The Morgan fingerprint density at radius 3 is 2.61 bits per heavy atom. The third-order valence-electron chi connectivity index (χ3n) is 5.69. The van der Waals surface area contributed by atoms with Crippen molar-refractivity contribution in [3.8, 4) is 0 Å². The van der Waals surface area contributed by atoms with Crippen LogP contribution in [0.5, 0.6) is 0 Å². The van der Waals surface area contributed by atoms with Crippen molar-refractivity contribution in [2.24, 2.45) is 0 Å². The number of halogens is 1. The molecular formula is C27H23IN2O. The number of para-hydroxylation sites is 2. The topological polar surface area (TPSA) is 32.2 Å². The Hall–Kier alpha value is -2.99. The lowest BCUT2D eigenvalue weighted by molar-refractivity contribution is 0.573. The summed E-state index contributed by atoms with van der Waals surface area (Å²) >= 11 is 2.41. The predicted molar refractivity (Wildman–Crippen MR) is 141 cm³/mol. The second kappa shape index (κ2) is 8.27. The van der Waals surface area contributed by atoms with E-state index in [0.29, 0.717) is 0 Å². The molecule has 4 heteroatoms. The van der Waals surface area contributed by atoms with Crippen LogP contribution in [0.2, 0.25) is 0 Å². The normalized spacial score (nSPS) is 13.0. The van der Waals surface area contributed by atoms with E-state index in [9.17, 15) is 0 Å². The lowest BCUT2D eigenvalue weighted by atomic mass is 10.1. The molecule has 0 amide bonds. The minimum atomic E-state index is 0.880. The third-order valence-corrected chi connectivity index (χ3v) is 6.69. The molecule has 0 spiro atoms. The largest absolute Gasteiger partial charge is 0.456 e. The first-order chi connectivity index (χ1) is 15.2. The fraction of sp³-hybridized carbons (Fsp3) is 0.111. The van der Waals surface area contributed by atoms with Crippen LogP contribution in [0.3, 0.4) is 0 Å². The number of nitrogens with zero attached hydrogens (tertiary/aromatic N) is 1. The van der Waals surface area contributed by atoms with Crippen molar-refractivity contribution in [1.82, 2.24) is 4.98 Å². The fourth-order valence-electron chi connectivity index (χ4n) is 4.21. The zero-order valence-electron chi connectivity index (χ0n) is 17.4. The van der Waals surface area contributed by atoms with Gasteiger partial charge >= 0.3 is 0 Å². The Labute approximate surface area is 194 Å². The lowest BCUT2D eigenvalue weighted by Crippen LogP contribution is -2.20. The number of allylic oxidation sites excluding steroid dienone is 1. The van der Waals surface area contributed by atoms with Gasteiger partial charge in [0.25, 0.3) is 0 Å². The molecule has 0 fully saturated rings. The molecule has 0 bridgehead atoms. The molecule has 154 valence electrons. The second-order valence-electron chi connectivity index (χ2n) is 7.71. The van der Waals surface area contributed by atoms with Gasteiger partial charge in [-0.15, -0.1) is 0 Å². The monoisotopic (exact) mass is 518 g/mol. The van der Waals surface area contributed by atoms with Gasteiger partial charge in [-0.25, -0.2) is 0 Å². The van der Waals surface area contributed by atoms with Crippen molar-refractivity contribution >= 4 is 73.5 Å². The van der Waals surface area contributed by atoms with Crippen molar-refractivity contribution in [3.05, 3.63) is 89.5 Å². The molecule has 31 heavy (non-hydrogen) atoms. The van der Waals surface area contributed by atoms with Crippen LogP contribution in [0.1, 0.15) is 12.0 Å². The van der Waals surface area contributed by atoms with Gasteiger partial charge in [0.05, 0.1) is 28.6 Å². The number of H-pyrrole nitrogens is 1. The number of hydrogen-bond acceptors (Lipinski definition) is 2. The summed E-state index contributed by atoms with van der Waals surface area (Å²) in [6.07, 6.45) is 6.90. The number of hydrogen-bond donors (Lipinski definition) is 1. The molecule has 0 unspecified atom stereocenters. The van der Waals surface area contributed by atoms with Crippen molar-refractivity contribution < 1.29 is 4.42 Å². The molecule has 2 aromatic heterocycles. The molecule has 0 saturated heterocycles. The standard InChI is InChI=1S/C27H23IN2O/c1-3-9-20-21-11-5-7-13-26(21)31-27(20)14-8-15-30(28)25-17-24-22(16-18(25)2)19-10-4-6-12-23(19)29-24/h3-7,9-14,16-17,29H,1,8,15H2,2H3/b20-9-,27-14+. The van der Waals surface area contributed by atoms with Gasteiger partial charge in [0.1, 0.15) is 11.0 Å². The molecule has 0 atom stereocenters. The van der Waals surface area contributed by atoms with Gasteiger partial charge in [-0.2, -0.15) is 0 Å². The first kappa shape index (κ1) is 19.9. The molecule has 3 aromatic carbocycles. The molecule has 0 saturated carbocycles. The Morgan fingerprint density at radius 2 is 1.77 bits per heavy atom. The number of benzene rings is 3. The lowest BCUT2D eigenvalue weighted by Gasteiger charge is -2.18. The first-order valence-electron chi connectivity index (χ1n) is 10.4. The van der Waals surface area contributed by atoms with E-state index in [1.54, 1.807) is 0 Å². The van der Waals surface area contributed by atoms with Crippen LogP contribution in [0.15, 0.2) is 77.7 Å². The number of aromatic nitrogens is 1. The zero-order valence-corrected chi connectivity index (χ0v) is 19.5. The van der Waals surface area contributed by atoms with Gasteiger partial charge in [0.2, 0.25) is 0 Å². The molecular weight excluding hydrogens is 495 g/mol. The van der Waals surface area contributed by atoms with Gasteiger partial charge in [0.15, 0.2) is 0 Å². The summed E-state index contributed by atoms with van der Waals surface area (Å²) in [5.74, 6) is 0. The van der Waals surface area contributed by atoms with Gasteiger partial charge in [0, 0.05) is 39.0 Å². The average Bonchev–Trinajstić information content (AvgIpc) is 3.31. The molecule has 1 N–H and O–H groups in total. The quantitative estimate of drug-likeness (QED) is 0.217. The number of nitrogens with one attached hydrogen (secondary N) is 1. The van der Waals surface area contributed by atoms with E-state index in [-0.39, 0.29) is 0 Å². The molecule has 0 aliphatic rings. The van der Waals surface area contributed by atoms with E-state index in [1.807, 2.05) is 30.4 Å². The van der Waals surface area contributed by atoms with Gasteiger partial charge in [-0.1, -0.05) is 55.1 Å². The van der Waals surface area contributed by atoms with E-state index in [4.69, 9.17) is 4.42 Å². The molecule has 5 rings (SSSR count). The highest BCUT2D eigenvalue weighted by atomic mass is 127. The molecule has 2 heterocycles. The van der Waals surface area contributed by atoms with E-state index >= 15 is 0 Å². The average molecular weight is 518 g/mol. The summed E-state index contributed by atoms with van der Waals surface area (Å²) in [5, 5.41) is 4.78. The predicted octanol–water partition coefficient (Wildman–Crippen LogP) is 6.37. The van der Waals surface area contributed by atoms with Gasteiger partial charge < -0.3 is 12.5 Å². The van der Waals surface area contributed by atoms with E-state index < -0.39 is 0 Å². The molecule has 0 aliphatic carbocycles. The molecule has 5 aromatic rings. The van der Waals surface area contributed by atoms with Crippen LogP contribution in [0.4, 0.5) is 5.69 Å². The maximum atomic E-state index is 6.09. The van der Waals surface area contributed by atoms with Crippen LogP contribution in [0.25, 0.3) is 44.9 Å². The SMILES string of the molecule is C=C/C=c1\c(=C/CCN(I)c2cc3[nH]c4ccccc4c3cc2C)oc2ccccc12. The number of fused-ring (bicyclic) bond motifs is 4. The van der Waals surface area contributed by atoms with E-state index in [2.05, 4.69) is 93.0 Å². The maximum absolute atomic E-state index is 6.09. The number of aromatic amines is 1. The van der Waals surface area contributed by atoms with Gasteiger partial charge in [-0.05, 0) is 49.2 Å². The summed E-state index contributed by atoms with van der Waals surface area (Å²) in [4.78, 5) is 3.55. The fourth-order valence-corrected chi connectivity index (χ4v) is 5.01. The highest BCUT2D eigenvalue weighted by Crippen LogP contribution is 2.32. The maximum Gasteiger partial charge on any atom is 0.135 e. The highest BCUT2D eigenvalue weighted by molar-refractivity contribution is 14.1. The van der Waals surface area contributed by atoms with Crippen molar-refractivity contribution in [2.45, 2.75) is 13.3 Å². The van der Waals surface area contributed by atoms with Crippen molar-refractivity contribution in [3.63, 3.8) is 0 Å². The first-order valence-corrected chi connectivity index (χ1v) is 11.4. The minimum absolute atomic E-state index is 0.880. The summed E-state index contributed by atoms with van der Waals surface area (Å²) in [6.45, 7) is 6.93. The summed E-state index contributed by atoms with van der Waals surface area (Å²) in [7, 11) is 0. The van der Waals surface area contributed by atoms with Crippen LogP contribution < -0.4 is 13.7 Å². The number of aryl methyl sites for hydroxylation is 1. The Morgan fingerprint density at radius 1 is 1.00 bits per heavy atom. The third kappa shape index (κ3) is 3.65. The molecule has 0 radical (unpaired) electrons. The molecule has 0 aliphatic heterocycles. The Kier molecular flexibility index (Phi) is 5.32. The van der Waals surface area contributed by atoms with Crippen LogP contribution in [-0.4, -0.2) is 11.5 Å². The van der Waals surface area contributed by atoms with Crippen molar-refractivity contribution in [1.29, 1.82) is 0 Å². The Balaban J connectivity index is 1.45. The van der Waals surface area contributed by atoms with Crippen molar-refractivity contribution in [2.75, 3.05) is 9.66 Å². The van der Waals surface area contributed by atoms with E-state index in [0.717, 1.165) is 34.6 Å². The summed E-state index contributed by atoms with van der Waals surface area (Å²) in [6, 6.07) is 21.2. The van der Waals surface area contributed by atoms with Gasteiger partial charge in [-0.3, -0.25) is 0 Å². The second-order valence-corrected chi connectivity index (χ2v) is 8.88. The minimum Gasteiger partial charge on any atom is -0.456 e. The smallest absolute Gasteiger partial charge is 0.135 e. The Bertz CT molecular complexity index is 1540.